The van der Waals surface area contributed by atoms with Gasteiger partial charge in [0, 0.05) is 16.6 Å². The van der Waals surface area contributed by atoms with E-state index in [9.17, 15) is 9.50 Å². The van der Waals surface area contributed by atoms with E-state index in [2.05, 4.69) is 21.2 Å². The fraction of sp³-hybridized carbons (Fsp3) is 0.200. The average Bonchev–Trinajstić information content (AvgIpc) is 2.41. The first-order chi connectivity index (χ1) is 10.0. The van der Waals surface area contributed by atoms with Crippen LogP contribution in [0.4, 0.5) is 10.1 Å². The standard InChI is InChI=1S/C15H14BrClFNO2/c1-2-21-13-5-3-4-9(15(13)20)8-19-14-11(16)6-10(18)7-12(14)17/h3-7,19-20H,2,8H2,1H3. The summed E-state index contributed by atoms with van der Waals surface area (Å²) in [6.45, 7) is 2.65. The molecule has 21 heavy (non-hydrogen) atoms. The molecule has 6 heteroatoms. The maximum absolute atomic E-state index is 13.2. The smallest absolute Gasteiger partial charge is 0.162 e. The number of phenolic OH excluding ortho intramolecular Hbond substituents is 1. The van der Waals surface area contributed by atoms with Gasteiger partial charge in [0.15, 0.2) is 11.5 Å². The first-order valence-corrected chi connectivity index (χ1v) is 7.52. The second-order valence-corrected chi connectivity index (χ2v) is 5.56. The summed E-state index contributed by atoms with van der Waals surface area (Å²) in [5, 5.41) is 13.5. The first-order valence-electron chi connectivity index (χ1n) is 6.35. The van der Waals surface area contributed by atoms with Crippen molar-refractivity contribution in [2.24, 2.45) is 0 Å². The third kappa shape index (κ3) is 3.80. The third-order valence-electron chi connectivity index (χ3n) is 2.84. The van der Waals surface area contributed by atoms with Crippen molar-refractivity contribution in [2.45, 2.75) is 13.5 Å². The van der Waals surface area contributed by atoms with Gasteiger partial charge >= 0.3 is 0 Å². The van der Waals surface area contributed by atoms with Crippen LogP contribution in [0, 0.1) is 5.82 Å². The van der Waals surface area contributed by atoms with Crippen LogP contribution in [0.1, 0.15) is 12.5 Å². The van der Waals surface area contributed by atoms with E-state index in [1.54, 1.807) is 18.2 Å². The average molecular weight is 375 g/mol. The normalized spacial score (nSPS) is 10.5. The van der Waals surface area contributed by atoms with E-state index in [-0.39, 0.29) is 10.8 Å². The van der Waals surface area contributed by atoms with Crippen LogP contribution in [0.15, 0.2) is 34.8 Å². The van der Waals surface area contributed by atoms with Gasteiger partial charge in [0.2, 0.25) is 0 Å². The van der Waals surface area contributed by atoms with Gasteiger partial charge in [-0.2, -0.15) is 0 Å². The zero-order chi connectivity index (χ0) is 15.4. The number of benzene rings is 2. The minimum absolute atomic E-state index is 0.0845. The molecule has 0 aliphatic rings. The number of nitrogens with one attached hydrogen (secondary N) is 1. The Bertz CT molecular complexity index is 629. The predicted molar refractivity (Wildman–Crippen MR) is 85.7 cm³/mol. The largest absolute Gasteiger partial charge is 0.504 e. The van der Waals surface area contributed by atoms with Crippen LogP contribution in [0.2, 0.25) is 5.02 Å². The molecule has 0 aliphatic carbocycles. The van der Waals surface area contributed by atoms with E-state index in [4.69, 9.17) is 16.3 Å². The molecule has 3 nitrogen and oxygen atoms in total. The molecule has 0 bridgehead atoms. The maximum atomic E-state index is 13.2. The van der Waals surface area contributed by atoms with Gasteiger partial charge in [-0.15, -0.1) is 0 Å². The highest BCUT2D eigenvalue weighted by Gasteiger charge is 2.11. The minimum Gasteiger partial charge on any atom is -0.504 e. The molecule has 0 amide bonds. The van der Waals surface area contributed by atoms with Crippen molar-refractivity contribution in [3.8, 4) is 11.5 Å². The highest BCUT2D eigenvalue weighted by molar-refractivity contribution is 9.10. The zero-order valence-corrected chi connectivity index (χ0v) is 13.6. The van der Waals surface area contributed by atoms with Crippen molar-refractivity contribution < 1.29 is 14.2 Å². The van der Waals surface area contributed by atoms with Gasteiger partial charge in [-0.1, -0.05) is 23.7 Å². The van der Waals surface area contributed by atoms with Crippen LogP contribution in [0.5, 0.6) is 11.5 Å². The molecule has 0 saturated carbocycles. The number of rotatable bonds is 5. The molecular formula is C15H14BrClFNO2. The summed E-state index contributed by atoms with van der Waals surface area (Å²) in [6.07, 6.45) is 0. The summed E-state index contributed by atoms with van der Waals surface area (Å²) >= 11 is 9.26. The molecule has 0 heterocycles. The zero-order valence-electron chi connectivity index (χ0n) is 11.3. The lowest BCUT2D eigenvalue weighted by atomic mass is 10.2. The Morgan fingerprint density at radius 2 is 2.14 bits per heavy atom. The maximum Gasteiger partial charge on any atom is 0.162 e. The van der Waals surface area contributed by atoms with Crippen molar-refractivity contribution in [3.05, 3.63) is 51.2 Å². The number of phenols is 1. The fourth-order valence-electron chi connectivity index (χ4n) is 1.88. The van der Waals surface area contributed by atoms with Crippen LogP contribution in [-0.2, 0) is 6.54 Å². The topological polar surface area (TPSA) is 41.5 Å². The molecule has 0 aromatic heterocycles. The molecular weight excluding hydrogens is 361 g/mol. The lowest BCUT2D eigenvalue weighted by molar-refractivity contribution is 0.317. The third-order valence-corrected chi connectivity index (χ3v) is 3.77. The summed E-state index contributed by atoms with van der Waals surface area (Å²) in [6, 6.07) is 7.82. The Labute approximate surface area is 135 Å². The molecule has 2 N–H and O–H groups in total. The molecule has 0 saturated heterocycles. The fourth-order valence-corrected chi connectivity index (χ4v) is 2.84. The summed E-state index contributed by atoms with van der Waals surface area (Å²) in [5.41, 5.74) is 1.23. The molecule has 2 aromatic rings. The second kappa shape index (κ2) is 7.00. The SMILES string of the molecule is CCOc1cccc(CNc2c(Cl)cc(F)cc2Br)c1O. The lowest BCUT2D eigenvalue weighted by Gasteiger charge is -2.13. The van der Waals surface area contributed by atoms with Crippen molar-refractivity contribution >= 4 is 33.2 Å². The molecule has 0 atom stereocenters. The van der Waals surface area contributed by atoms with E-state index in [1.165, 1.54) is 12.1 Å². The second-order valence-electron chi connectivity index (χ2n) is 4.29. The van der Waals surface area contributed by atoms with Crippen molar-refractivity contribution in [1.29, 1.82) is 0 Å². The number of aromatic hydroxyl groups is 1. The molecule has 0 fully saturated rings. The van der Waals surface area contributed by atoms with E-state index in [0.29, 0.717) is 34.6 Å². The Kier molecular flexibility index (Phi) is 5.31. The molecule has 0 radical (unpaired) electrons. The number of hydrogen-bond acceptors (Lipinski definition) is 3. The summed E-state index contributed by atoms with van der Waals surface area (Å²) in [7, 11) is 0. The van der Waals surface area contributed by atoms with Crippen LogP contribution in [0.3, 0.4) is 0 Å². The van der Waals surface area contributed by atoms with Gasteiger partial charge in [0.05, 0.1) is 17.3 Å². The number of halogens is 3. The summed E-state index contributed by atoms with van der Waals surface area (Å²) in [4.78, 5) is 0. The van der Waals surface area contributed by atoms with E-state index in [0.717, 1.165) is 0 Å². The molecule has 112 valence electrons. The van der Waals surface area contributed by atoms with Gasteiger partial charge in [0.1, 0.15) is 5.82 Å². The Morgan fingerprint density at radius 1 is 1.38 bits per heavy atom. The minimum atomic E-state index is -0.418. The van der Waals surface area contributed by atoms with E-state index < -0.39 is 5.82 Å². The van der Waals surface area contributed by atoms with Crippen LogP contribution in [0.25, 0.3) is 0 Å². The highest BCUT2D eigenvalue weighted by atomic mass is 79.9. The van der Waals surface area contributed by atoms with Gasteiger partial charge in [-0.3, -0.25) is 0 Å². The van der Waals surface area contributed by atoms with Gasteiger partial charge in [-0.25, -0.2) is 4.39 Å². The van der Waals surface area contributed by atoms with Gasteiger partial charge < -0.3 is 15.2 Å². The molecule has 0 spiro atoms. The van der Waals surface area contributed by atoms with Crippen molar-refractivity contribution in [1.82, 2.24) is 0 Å². The van der Waals surface area contributed by atoms with E-state index >= 15 is 0 Å². The predicted octanol–water partition coefficient (Wildman–Crippen LogP) is 4.96. The van der Waals surface area contributed by atoms with Gasteiger partial charge in [0.25, 0.3) is 0 Å². The summed E-state index contributed by atoms with van der Waals surface area (Å²) in [5.74, 6) is 0.0980. The molecule has 2 aromatic carbocycles. The van der Waals surface area contributed by atoms with Crippen molar-refractivity contribution in [3.63, 3.8) is 0 Å². The molecule has 0 unspecified atom stereocenters. The Morgan fingerprint density at radius 3 is 2.81 bits per heavy atom. The molecule has 0 aliphatic heterocycles. The van der Waals surface area contributed by atoms with Crippen LogP contribution < -0.4 is 10.1 Å². The molecule has 2 rings (SSSR count). The number of para-hydroxylation sites is 1. The monoisotopic (exact) mass is 373 g/mol. The lowest BCUT2D eigenvalue weighted by Crippen LogP contribution is -2.02. The summed E-state index contributed by atoms with van der Waals surface area (Å²) < 4.78 is 19.0. The number of anilines is 1. The van der Waals surface area contributed by atoms with Crippen LogP contribution in [-0.4, -0.2) is 11.7 Å². The Hall–Kier alpha value is -1.46. The van der Waals surface area contributed by atoms with Crippen LogP contribution >= 0.6 is 27.5 Å². The Balaban J connectivity index is 2.19. The number of ether oxygens (including phenoxy) is 1. The van der Waals surface area contributed by atoms with Crippen molar-refractivity contribution in [2.75, 3.05) is 11.9 Å². The highest BCUT2D eigenvalue weighted by Crippen LogP contribution is 2.34. The quantitative estimate of drug-likeness (QED) is 0.777. The first kappa shape index (κ1) is 15.9. The van der Waals surface area contributed by atoms with E-state index in [1.807, 2.05) is 6.92 Å². The number of hydrogen-bond donors (Lipinski definition) is 2. The van der Waals surface area contributed by atoms with Gasteiger partial charge in [-0.05, 0) is 41.1 Å².